The molecule has 0 aliphatic carbocycles. The van der Waals surface area contributed by atoms with Crippen molar-refractivity contribution in [2.24, 2.45) is 0 Å². The van der Waals surface area contributed by atoms with Gasteiger partial charge in [0.15, 0.2) is 5.75 Å². The quantitative estimate of drug-likeness (QED) is 0.752. The first-order valence-corrected chi connectivity index (χ1v) is 6.47. The summed E-state index contributed by atoms with van der Waals surface area (Å²) in [4.78, 5) is 22.9. The number of carboxylic acids is 1. The second kappa shape index (κ2) is 6.03. The molecule has 21 heavy (non-hydrogen) atoms. The van der Waals surface area contributed by atoms with Crippen molar-refractivity contribution in [3.63, 3.8) is 0 Å². The molecule has 0 saturated heterocycles. The molecule has 3 N–H and O–H groups in total. The number of phenols is 1. The second-order valence-corrected chi connectivity index (χ2v) is 4.90. The standard InChI is InChI=1S/C14H9Cl2NO4/c15-9-5-4-7(6-10(9)16)13(19)17-11-3-1-2-8(12(11)18)14(20)21/h1-6,18H,(H,17,19)(H,20,21). The van der Waals surface area contributed by atoms with Gasteiger partial charge in [-0.2, -0.15) is 0 Å². The monoisotopic (exact) mass is 325 g/mol. The van der Waals surface area contributed by atoms with Crippen molar-refractivity contribution in [3.05, 3.63) is 57.6 Å². The molecule has 0 spiro atoms. The van der Waals surface area contributed by atoms with Crippen molar-refractivity contribution < 1.29 is 19.8 Å². The number of rotatable bonds is 3. The first kappa shape index (κ1) is 15.2. The Kier molecular flexibility index (Phi) is 4.35. The minimum Gasteiger partial charge on any atom is -0.505 e. The van der Waals surface area contributed by atoms with Crippen molar-refractivity contribution in [2.45, 2.75) is 0 Å². The molecule has 0 aliphatic rings. The highest BCUT2D eigenvalue weighted by molar-refractivity contribution is 6.42. The predicted molar refractivity (Wildman–Crippen MR) is 79.5 cm³/mol. The molecule has 0 atom stereocenters. The summed E-state index contributed by atoms with van der Waals surface area (Å²) in [6, 6.07) is 8.32. The number of para-hydroxylation sites is 1. The normalized spacial score (nSPS) is 10.2. The summed E-state index contributed by atoms with van der Waals surface area (Å²) < 4.78 is 0. The van der Waals surface area contributed by atoms with Crippen LogP contribution in [-0.2, 0) is 0 Å². The third-order valence-corrected chi connectivity index (χ3v) is 3.44. The fourth-order valence-electron chi connectivity index (χ4n) is 1.65. The molecule has 7 heteroatoms. The van der Waals surface area contributed by atoms with Gasteiger partial charge in [-0.3, -0.25) is 4.79 Å². The summed E-state index contributed by atoms with van der Waals surface area (Å²) in [5.74, 6) is -2.36. The predicted octanol–water partition coefficient (Wildman–Crippen LogP) is 3.65. The number of hydrogen-bond donors (Lipinski definition) is 3. The number of halogens is 2. The molecule has 0 radical (unpaired) electrons. The van der Waals surface area contributed by atoms with Gasteiger partial charge in [0.25, 0.3) is 5.91 Å². The number of hydrogen-bond acceptors (Lipinski definition) is 3. The maximum atomic E-state index is 12.0. The third kappa shape index (κ3) is 3.26. The van der Waals surface area contributed by atoms with Gasteiger partial charge in [-0.05, 0) is 30.3 Å². The van der Waals surface area contributed by atoms with Gasteiger partial charge in [-0.15, -0.1) is 0 Å². The van der Waals surface area contributed by atoms with Gasteiger partial charge >= 0.3 is 5.97 Å². The summed E-state index contributed by atoms with van der Waals surface area (Å²) in [5, 5.41) is 21.7. The maximum absolute atomic E-state index is 12.0. The lowest BCUT2D eigenvalue weighted by atomic mass is 10.1. The Balaban J connectivity index is 2.29. The Morgan fingerprint density at radius 1 is 1.05 bits per heavy atom. The molecule has 0 unspecified atom stereocenters. The highest BCUT2D eigenvalue weighted by Gasteiger charge is 2.15. The summed E-state index contributed by atoms with van der Waals surface area (Å²) in [6.07, 6.45) is 0. The van der Waals surface area contributed by atoms with Crippen LogP contribution in [0.3, 0.4) is 0 Å². The molecular weight excluding hydrogens is 317 g/mol. The average molecular weight is 326 g/mol. The number of nitrogens with one attached hydrogen (secondary N) is 1. The molecule has 2 aromatic carbocycles. The van der Waals surface area contributed by atoms with Gasteiger partial charge in [-0.25, -0.2) is 4.79 Å². The van der Waals surface area contributed by atoms with E-state index in [0.29, 0.717) is 5.02 Å². The highest BCUT2D eigenvalue weighted by Crippen LogP contribution is 2.28. The molecule has 108 valence electrons. The summed E-state index contributed by atoms with van der Waals surface area (Å²) in [6.45, 7) is 0. The second-order valence-electron chi connectivity index (χ2n) is 4.09. The molecule has 2 rings (SSSR count). The van der Waals surface area contributed by atoms with Gasteiger partial charge in [0, 0.05) is 5.56 Å². The number of anilines is 1. The fraction of sp³-hybridized carbons (Fsp3) is 0. The molecule has 2 aromatic rings. The van der Waals surface area contributed by atoms with E-state index in [2.05, 4.69) is 5.32 Å². The Morgan fingerprint density at radius 3 is 2.38 bits per heavy atom. The van der Waals surface area contributed by atoms with Crippen LogP contribution in [0.2, 0.25) is 10.0 Å². The lowest BCUT2D eigenvalue weighted by Gasteiger charge is -2.09. The summed E-state index contributed by atoms with van der Waals surface area (Å²) >= 11 is 11.6. The van der Waals surface area contributed by atoms with Crippen molar-refractivity contribution >= 4 is 40.8 Å². The Morgan fingerprint density at radius 2 is 1.76 bits per heavy atom. The molecule has 5 nitrogen and oxygen atoms in total. The van der Waals surface area contributed by atoms with E-state index >= 15 is 0 Å². The number of carbonyl (C=O) groups is 2. The van der Waals surface area contributed by atoms with Gasteiger partial charge in [0.2, 0.25) is 0 Å². The lowest BCUT2D eigenvalue weighted by molar-refractivity contribution is 0.0693. The smallest absolute Gasteiger partial charge is 0.339 e. The number of aromatic hydroxyl groups is 1. The molecule has 0 saturated carbocycles. The molecule has 1 amide bonds. The van der Waals surface area contributed by atoms with Crippen LogP contribution in [0.15, 0.2) is 36.4 Å². The van der Waals surface area contributed by atoms with Crippen LogP contribution in [-0.4, -0.2) is 22.1 Å². The molecule has 0 fully saturated rings. The number of carbonyl (C=O) groups excluding carboxylic acids is 1. The van der Waals surface area contributed by atoms with Crippen LogP contribution in [0, 0.1) is 0 Å². The van der Waals surface area contributed by atoms with Gasteiger partial charge in [0.1, 0.15) is 5.56 Å². The Hall–Kier alpha value is -2.24. The van der Waals surface area contributed by atoms with Crippen LogP contribution in [0.25, 0.3) is 0 Å². The van der Waals surface area contributed by atoms with E-state index in [1.807, 2.05) is 0 Å². The van der Waals surface area contributed by atoms with Crippen LogP contribution >= 0.6 is 23.2 Å². The zero-order chi connectivity index (χ0) is 15.6. The van der Waals surface area contributed by atoms with Crippen molar-refractivity contribution in [2.75, 3.05) is 5.32 Å². The van der Waals surface area contributed by atoms with E-state index in [4.69, 9.17) is 28.3 Å². The zero-order valence-corrected chi connectivity index (χ0v) is 11.9. The maximum Gasteiger partial charge on any atom is 0.339 e. The first-order chi connectivity index (χ1) is 9.90. The highest BCUT2D eigenvalue weighted by atomic mass is 35.5. The van der Waals surface area contributed by atoms with E-state index in [9.17, 15) is 14.7 Å². The average Bonchev–Trinajstić information content (AvgIpc) is 2.43. The van der Waals surface area contributed by atoms with Gasteiger partial charge in [-0.1, -0.05) is 29.3 Å². The molecule has 0 aliphatic heterocycles. The minimum atomic E-state index is -1.29. The number of carboxylic acid groups (broad SMARTS) is 1. The van der Waals surface area contributed by atoms with Crippen molar-refractivity contribution in [1.29, 1.82) is 0 Å². The van der Waals surface area contributed by atoms with E-state index in [0.717, 1.165) is 0 Å². The fourth-order valence-corrected chi connectivity index (χ4v) is 1.95. The van der Waals surface area contributed by atoms with Crippen LogP contribution in [0.4, 0.5) is 5.69 Å². The van der Waals surface area contributed by atoms with E-state index < -0.39 is 17.6 Å². The van der Waals surface area contributed by atoms with E-state index in [-0.39, 0.29) is 21.8 Å². The Bertz CT molecular complexity index is 731. The largest absolute Gasteiger partial charge is 0.505 e. The van der Waals surface area contributed by atoms with E-state index in [1.165, 1.54) is 36.4 Å². The van der Waals surface area contributed by atoms with Crippen LogP contribution < -0.4 is 5.32 Å². The SMILES string of the molecule is O=C(Nc1cccc(C(=O)O)c1O)c1ccc(Cl)c(Cl)c1. The first-order valence-electron chi connectivity index (χ1n) is 5.72. The molecule has 0 heterocycles. The number of amides is 1. The number of benzene rings is 2. The topological polar surface area (TPSA) is 86.6 Å². The molecule has 0 aromatic heterocycles. The molecular formula is C14H9Cl2NO4. The van der Waals surface area contributed by atoms with Gasteiger partial charge in [0.05, 0.1) is 15.7 Å². The summed E-state index contributed by atoms with van der Waals surface area (Å²) in [7, 11) is 0. The van der Waals surface area contributed by atoms with Crippen LogP contribution in [0.5, 0.6) is 5.75 Å². The third-order valence-electron chi connectivity index (χ3n) is 2.70. The zero-order valence-electron chi connectivity index (χ0n) is 10.4. The van der Waals surface area contributed by atoms with Crippen molar-refractivity contribution in [1.82, 2.24) is 0 Å². The van der Waals surface area contributed by atoms with E-state index in [1.54, 1.807) is 0 Å². The summed E-state index contributed by atoms with van der Waals surface area (Å²) in [5.41, 5.74) is -0.0857. The number of aromatic carboxylic acids is 1. The minimum absolute atomic E-state index is 0.00836. The van der Waals surface area contributed by atoms with Gasteiger partial charge < -0.3 is 15.5 Å². The molecule has 0 bridgehead atoms. The lowest BCUT2D eigenvalue weighted by Crippen LogP contribution is -2.12. The Labute approximate surface area is 129 Å². The van der Waals surface area contributed by atoms with Crippen LogP contribution in [0.1, 0.15) is 20.7 Å². The van der Waals surface area contributed by atoms with Crippen molar-refractivity contribution in [3.8, 4) is 5.75 Å².